The molecule has 0 radical (unpaired) electrons. The lowest BCUT2D eigenvalue weighted by Gasteiger charge is -2.20. The number of hydrogen-bond donors (Lipinski definition) is 6. The van der Waals surface area contributed by atoms with Gasteiger partial charge in [-0.15, -0.1) is 0 Å². The second kappa shape index (κ2) is 23.7. The Kier molecular flexibility index (Phi) is 20.1. The molecule has 0 aliphatic carbocycles. The highest BCUT2D eigenvalue weighted by atomic mass is 32.2. The molecular weight excluding hydrogens is 864 g/mol. The summed E-state index contributed by atoms with van der Waals surface area (Å²) in [5.74, 6) is 0.402. The Balaban J connectivity index is 0.000000416. The molecule has 0 bridgehead atoms. The molecule has 0 aliphatic heterocycles. The van der Waals surface area contributed by atoms with Gasteiger partial charge in [-0.25, -0.2) is 14.2 Å². The van der Waals surface area contributed by atoms with Crippen LogP contribution in [0.4, 0.5) is 25.1 Å². The molecule has 0 saturated heterocycles. The Morgan fingerprint density at radius 1 is 0.984 bits per heavy atom. The molecule has 2 aromatic carbocycles. The summed E-state index contributed by atoms with van der Waals surface area (Å²) in [6, 6.07) is 11.7. The van der Waals surface area contributed by atoms with Crippen LogP contribution >= 0.6 is 19.4 Å². The third-order valence-corrected chi connectivity index (χ3v) is 8.87. The smallest absolute Gasteiger partial charge is 0.431 e. The molecule has 4 aromatic rings. The number of alkyl halides is 3. The third kappa shape index (κ3) is 17.9. The first-order valence-corrected chi connectivity index (χ1v) is 21.6. The zero-order chi connectivity index (χ0) is 47.0. The molecule has 0 fully saturated rings. The molecule has 342 valence electrons. The maximum absolute atomic E-state index is 13.1. The van der Waals surface area contributed by atoms with Crippen molar-refractivity contribution in [3.63, 3.8) is 0 Å². The largest absolute Gasteiger partial charge is 0.489 e. The number of carboxylic acid groups (broad SMARTS) is 1. The lowest BCUT2D eigenvalue weighted by Crippen LogP contribution is -2.40. The van der Waals surface area contributed by atoms with Gasteiger partial charge in [0.2, 0.25) is 11.9 Å². The number of carbonyl (C=O) groups excluding carboxylic acids is 1. The van der Waals surface area contributed by atoms with E-state index in [1.54, 1.807) is 6.92 Å². The summed E-state index contributed by atoms with van der Waals surface area (Å²) >= 11 is 1.51. The van der Waals surface area contributed by atoms with Crippen LogP contribution in [0.1, 0.15) is 58.4 Å². The number of nitrogens with zero attached hydrogens (tertiary/aromatic N) is 5. The van der Waals surface area contributed by atoms with E-state index in [0.29, 0.717) is 44.2 Å². The lowest BCUT2D eigenvalue weighted by molar-refractivity contribution is -0.148. The minimum Gasteiger partial charge on any atom is -0.489 e. The number of methoxy groups -OCH3 is 1. The Morgan fingerprint density at radius 2 is 1.61 bits per heavy atom. The van der Waals surface area contributed by atoms with E-state index < -0.39 is 61.6 Å². The van der Waals surface area contributed by atoms with E-state index in [2.05, 4.69) is 51.7 Å². The number of anilines is 2. The number of thioether (sulfide) groups is 1. The summed E-state index contributed by atoms with van der Waals surface area (Å²) in [5.41, 5.74) is -1.86. The van der Waals surface area contributed by atoms with Crippen molar-refractivity contribution < 1.29 is 56.4 Å². The number of carbonyl (C=O) groups is 2. The SMILES string of the molecule is CCNc1nc(NC(C)(C)C)nc(SC)n1.CCc1ccc(COc2ccc(-n3c(=O)cc(C(F)(F)F)n(C)c3=O)cc2)c(OC(C)C(=O)OC)c1.O=C(O)CNCP(=O)(O)O. The van der Waals surface area contributed by atoms with Crippen LogP contribution in [-0.2, 0) is 45.1 Å². The summed E-state index contributed by atoms with van der Waals surface area (Å²) in [6.45, 7) is 12.2. The van der Waals surface area contributed by atoms with Crippen LogP contribution in [0.2, 0.25) is 0 Å². The molecule has 6 N–H and O–H groups in total. The average molecular weight is 917 g/mol. The summed E-state index contributed by atoms with van der Waals surface area (Å²) in [6.07, 6.45) is -3.56. The van der Waals surface area contributed by atoms with Crippen molar-refractivity contribution in [3.05, 3.63) is 86.2 Å². The molecule has 1 unspecified atom stereocenters. The summed E-state index contributed by atoms with van der Waals surface area (Å²) in [7, 11) is -1.88. The van der Waals surface area contributed by atoms with Gasteiger partial charge in [-0.2, -0.15) is 28.1 Å². The Hall–Kier alpha value is -5.48. The molecule has 2 aromatic heterocycles. The van der Waals surface area contributed by atoms with Crippen LogP contribution in [0.5, 0.6) is 11.5 Å². The highest BCUT2D eigenvalue weighted by molar-refractivity contribution is 7.98. The average Bonchev–Trinajstić information content (AvgIpc) is 3.17. The first-order chi connectivity index (χ1) is 28.8. The molecule has 0 spiro atoms. The summed E-state index contributed by atoms with van der Waals surface area (Å²) < 4.78 is 66.5. The molecule has 24 heteroatoms. The van der Waals surface area contributed by atoms with Crippen molar-refractivity contribution in [2.75, 3.05) is 43.4 Å². The zero-order valence-corrected chi connectivity index (χ0v) is 37.3. The van der Waals surface area contributed by atoms with E-state index >= 15 is 0 Å². The molecule has 4 rings (SSSR count). The third-order valence-electron chi connectivity index (χ3n) is 7.69. The molecule has 62 heavy (non-hydrogen) atoms. The predicted octanol–water partition coefficient (Wildman–Crippen LogP) is 4.67. The second-order valence-corrected chi connectivity index (χ2v) is 16.3. The number of hydrogen-bond acceptors (Lipinski definition) is 15. The van der Waals surface area contributed by atoms with Crippen molar-refractivity contribution in [2.45, 2.75) is 77.5 Å². The van der Waals surface area contributed by atoms with Crippen LogP contribution in [0.25, 0.3) is 5.69 Å². The first-order valence-electron chi connectivity index (χ1n) is 18.6. The lowest BCUT2D eigenvalue weighted by atomic mass is 10.1. The van der Waals surface area contributed by atoms with Crippen LogP contribution < -0.4 is 36.7 Å². The van der Waals surface area contributed by atoms with Gasteiger partial charge in [-0.3, -0.25) is 24.0 Å². The van der Waals surface area contributed by atoms with Gasteiger partial charge in [0.15, 0.2) is 11.3 Å². The number of carboxylic acids is 1. The maximum Gasteiger partial charge on any atom is 0.431 e. The van der Waals surface area contributed by atoms with Gasteiger partial charge in [0.25, 0.3) is 5.56 Å². The van der Waals surface area contributed by atoms with E-state index in [0.717, 1.165) is 30.7 Å². The van der Waals surface area contributed by atoms with E-state index in [4.69, 9.17) is 29.1 Å². The fourth-order valence-electron chi connectivity index (χ4n) is 4.82. The summed E-state index contributed by atoms with van der Waals surface area (Å²) in [4.78, 5) is 75.5. The Morgan fingerprint density at radius 3 is 2.13 bits per heavy atom. The molecular formula is C38H52F3N8O11PS. The van der Waals surface area contributed by atoms with Gasteiger partial charge in [-0.05, 0) is 83.2 Å². The normalized spacial score (nSPS) is 11.8. The van der Waals surface area contributed by atoms with Crippen molar-refractivity contribution in [2.24, 2.45) is 7.05 Å². The fraction of sp³-hybridized carbons (Fsp3) is 0.447. The highest BCUT2D eigenvalue weighted by Gasteiger charge is 2.35. The summed E-state index contributed by atoms with van der Waals surface area (Å²) in [5, 5.41) is 17.1. The molecule has 1 atom stereocenters. The van der Waals surface area contributed by atoms with E-state index in [1.807, 2.05) is 38.3 Å². The van der Waals surface area contributed by atoms with Gasteiger partial charge in [0.05, 0.1) is 25.6 Å². The number of aromatic nitrogens is 5. The van der Waals surface area contributed by atoms with Gasteiger partial charge in [-0.1, -0.05) is 30.8 Å². The Labute approximate surface area is 359 Å². The van der Waals surface area contributed by atoms with Gasteiger partial charge >= 0.3 is 31.4 Å². The van der Waals surface area contributed by atoms with E-state index in [1.165, 1.54) is 43.1 Å². The monoisotopic (exact) mass is 916 g/mol. The maximum atomic E-state index is 13.1. The molecule has 19 nitrogen and oxygen atoms in total. The number of nitrogens with one attached hydrogen (secondary N) is 3. The number of aliphatic carboxylic acids is 1. The molecule has 2 heterocycles. The molecule has 0 amide bonds. The Bertz CT molecular complexity index is 2280. The number of benzene rings is 2. The van der Waals surface area contributed by atoms with Gasteiger partial charge in [0.1, 0.15) is 23.8 Å². The quantitative estimate of drug-likeness (QED) is 0.0507. The van der Waals surface area contributed by atoms with Crippen molar-refractivity contribution >= 4 is 43.2 Å². The fourth-order valence-corrected chi connectivity index (χ4v) is 5.58. The number of rotatable bonds is 16. The molecule has 0 aliphatic rings. The van der Waals surface area contributed by atoms with Crippen molar-refractivity contribution in [3.8, 4) is 17.2 Å². The van der Waals surface area contributed by atoms with Gasteiger partial charge in [0, 0.05) is 30.8 Å². The predicted molar refractivity (Wildman–Crippen MR) is 226 cm³/mol. The second-order valence-electron chi connectivity index (χ2n) is 13.9. The van der Waals surface area contributed by atoms with Crippen LogP contribution in [0.15, 0.2) is 63.3 Å². The van der Waals surface area contributed by atoms with Crippen LogP contribution in [-0.4, -0.2) is 95.3 Å². The van der Waals surface area contributed by atoms with E-state index in [9.17, 15) is 36.9 Å². The minimum atomic E-state index is -4.84. The van der Waals surface area contributed by atoms with Crippen LogP contribution in [0.3, 0.4) is 0 Å². The molecule has 0 saturated carbocycles. The van der Waals surface area contributed by atoms with Crippen molar-refractivity contribution in [1.82, 2.24) is 29.4 Å². The topological polar surface area (TPSA) is 258 Å². The van der Waals surface area contributed by atoms with E-state index in [-0.39, 0.29) is 17.8 Å². The van der Waals surface area contributed by atoms with Gasteiger partial charge < -0.3 is 39.7 Å². The number of ether oxygens (including phenoxy) is 3. The number of esters is 1. The first kappa shape index (κ1) is 52.7. The van der Waals surface area contributed by atoms with Crippen molar-refractivity contribution in [1.29, 1.82) is 0 Å². The van der Waals surface area contributed by atoms with Crippen LogP contribution in [0, 0.1) is 0 Å². The number of aryl methyl sites for hydroxylation is 1. The standard InChI is InChI=1S/C25H25F3N2O6.C10H19N5S.C3H8NO5P/c1-5-16-6-7-17(20(12-16)36-15(2)23(32)34-4)14-35-19-10-8-18(9-11-19)30-22(31)13-21(25(26,27)28)29(3)24(30)33;1-6-11-7-12-8(15-10(2,3)4)14-9(13-7)16-5;5-3(6)1-4-2-10(7,8)9/h6-13,15H,5,14H2,1-4H3;6H2,1-5H3,(H2,11,12,13,14,15);4H,1-2H2,(H,5,6)(H2,7,8,9). The minimum absolute atomic E-state index is 0.0550. The number of halogens is 3. The highest BCUT2D eigenvalue weighted by Crippen LogP contribution is 2.32. The zero-order valence-electron chi connectivity index (χ0n) is 35.6.